The molecule has 0 atom stereocenters. The molecule has 8 heteroatoms. The fraction of sp³-hybridized carbons (Fsp3) is 0.0714. The molecular formula is C14H9N3O3S2. The first-order valence-electron chi connectivity index (χ1n) is 6.41. The van der Waals surface area contributed by atoms with E-state index in [4.69, 9.17) is 8.94 Å². The van der Waals surface area contributed by atoms with Crippen LogP contribution in [0.15, 0.2) is 54.8 Å². The maximum atomic E-state index is 11.9. The first-order valence-corrected chi connectivity index (χ1v) is 8.17. The van der Waals surface area contributed by atoms with Gasteiger partial charge in [-0.15, -0.1) is 27.8 Å². The van der Waals surface area contributed by atoms with Crippen LogP contribution in [-0.4, -0.2) is 14.9 Å². The average Bonchev–Trinajstić information content (AvgIpc) is 3.28. The third kappa shape index (κ3) is 2.42. The summed E-state index contributed by atoms with van der Waals surface area (Å²) in [6.07, 6.45) is 0. The van der Waals surface area contributed by atoms with Gasteiger partial charge in [0, 0.05) is 6.07 Å². The largest absolute Gasteiger partial charge is 0.437 e. The molecule has 0 spiro atoms. The van der Waals surface area contributed by atoms with Crippen LogP contribution >= 0.6 is 22.7 Å². The summed E-state index contributed by atoms with van der Waals surface area (Å²) in [5.74, 6) is 0.492. The Morgan fingerprint density at radius 2 is 1.91 bits per heavy atom. The lowest BCUT2D eigenvalue weighted by Crippen LogP contribution is -2.16. The zero-order chi connectivity index (χ0) is 14.9. The fourth-order valence-corrected chi connectivity index (χ4v) is 3.30. The standard InChI is InChI=1S/C14H9N3O3S2/c18-14-17(15-13(19-14)12-4-2-6-22-12)8-9-7-10(20-16-9)11-3-1-5-21-11/h1-7H,8H2. The Hall–Kier alpha value is -2.45. The average molecular weight is 331 g/mol. The first kappa shape index (κ1) is 13.2. The van der Waals surface area contributed by atoms with Crippen molar-refractivity contribution in [3.63, 3.8) is 0 Å². The molecule has 0 saturated carbocycles. The van der Waals surface area contributed by atoms with Gasteiger partial charge in [0.1, 0.15) is 5.69 Å². The van der Waals surface area contributed by atoms with Gasteiger partial charge in [-0.2, -0.15) is 4.68 Å². The molecule has 0 amide bonds. The van der Waals surface area contributed by atoms with Crippen LogP contribution in [0.3, 0.4) is 0 Å². The van der Waals surface area contributed by atoms with E-state index >= 15 is 0 Å². The highest BCUT2D eigenvalue weighted by Crippen LogP contribution is 2.25. The smallest absolute Gasteiger partial charge is 0.387 e. The van der Waals surface area contributed by atoms with Crippen LogP contribution in [0.2, 0.25) is 0 Å². The highest BCUT2D eigenvalue weighted by atomic mass is 32.1. The molecule has 0 unspecified atom stereocenters. The molecule has 4 rings (SSSR count). The minimum atomic E-state index is -0.510. The highest BCUT2D eigenvalue weighted by Gasteiger charge is 2.14. The Balaban J connectivity index is 1.60. The summed E-state index contributed by atoms with van der Waals surface area (Å²) in [6, 6.07) is 9.43. The van der Waals surface area contributed by atoms with E-state index in [1.807, 2.05) is 35.0 Å². The van der Waals surface area contributed by atoms with Crippen molar-refractivity contribution in [1.29, 1.82) is 0 Å². The lowest BCUT2D eigenvalue weighted by atomic mass is 10.3. The molecule has 4 heterocycles. The molecule has 4 aromatic heterocycles. The van der Waals surface area contributed by atoms with Gasteiger partial charge in [0.25, 0.3) is 5.89 Å². The second-order valence-electron chi connectivity index (χ2n) is 4.47. The number of hydrogen-bond donors (Lipinski definition) is 0. The van der Waals surface area contributed by atoms with Crippen LogP contribution < -0.4 is 5.76 Å². The summed E-state index contributed by atoms with van der Waals surface area (Å²) in [7, 11) is 0. The third-order valence-corrected chi connectivity index (χ3v) is 4.72. The van der Waals surface area contributed by atoms with Crippen molar-refractivity contribution in [2.75, 3.05) is 0 Å². The van der Waals surface area contributed by atoms with Gasteiger partial charge in [-0.3, -0.25) is 0 Å². The van der Waals surface area contributed by atoms with E-state index in [0.29, 0.717) is 17.3 Å². The Morgan fingerprint density at radius 1 is 1.14 bits per heavy atom. The van der Waals surface area contributed by atoms with Crippen molar-refractivity contribution < 1.29 is 8.94 Å². The zero-order valence-electron chi connectivity index (χ0n) is 11.1. The van der Waals surface area contributed by atoms with E-state index in [1.165, 1.54) is 16.0 Å². The van der Waals surface area contributed by atoms with Gasteiger partial charge in [-0.25, -0.2) is 4.79 Å². The van der Waals surface area contributed by atoms with Gasteiger partial charge < -0.3 is 8.94 Å². The van der Waals surface area contributed by atoms with Gasteiger partial charge in [0.05, 0.1) is 16.3 Å². The molecule has 0 aliphatic carbocycles. The molecule has 110 valence electrons. The number of thiophene rings is 2. The van der Waals surface area contributed by atoms with Crippen molar-refractivity contribution in [1.82, 2.24) is 14.9 Å². The monoisotopic (exact) mass is 331 g/mol. The molecule has 22 heavy (non-hydrogen) atoms. The van der Waals surface area contributed by atoms with E-state index in [0.717, 1.165) is 9.75 Å². The van der Waals surface area contributed by atoms with Crippen LogP contribution in [0, 0.1) is 0 Å². The molecule has 0 radical (unpaired) electrons. The molecule has 0 aromatic carbocycles. The van der Waals surface area contributed by atoms with Crippen molar-refractivity contribution in [2.24, 2.45) is 0 Å². The molecule has 0 aliphatic rings. The predicted molar refractivity (Wildman–Crippen MR) is 83.0 cm³/mol. The molecule has 4 aromatic rings. The minimum absolute atomic E-state index is 0.211. The van der Waals surface area contributed by atoms with E-state index in [2.05, 4.69) is 10.3 Å². The maximum Gasteiger partial charge on any atom is 0.437 e. The quantitative estimate of drug-likeness (QED) is 0.573. The second kappa shape index (κ2) is 5.39. The molecule has 6 nitrogen and oxygen atoms in total. The van der Waals surface area contributed by atoms with E-state index in [1.54, 1.807) is 17.4 Å². The zero-order valence-corrected chi connectivity index (χ0v) is 12.8. The maximum absolute atomic E-state index is 11.9. The highest BCUT2D eigenvalue weighted by molar-refractivity contribution is 7.13. The summed E-state index contributed by atoms with van der Waals surface area (Å²) >= 11 is 3.03. The van der Waals surface area contributed by atoms with Crippen molar-refractivity contribution in [2.45, 2.75) is 6.54 Å². The molecule has 0 aliphatic heterocycles. The normalized spacial score (nSPS) is 11.1. The summed E-state index contributed by atoms with van der Waals surface area (Å²) in [5.41, 5.74) is 0.622. The third-order valence-electron chi connectivity index (χ3n) is 2.97. The number of rotatable bonds is 4. The Kier molecular flexibility index (Phi) is 3.24. The van der Waals surface area contributed by atoms with E-state index in [-0.39, 0.29) is 6.54 Å². The Morgan fingerprint density at radius 3 is 2.64 bits per heavy atom. The van der Waals surface area contributed by atoms with Gasteiger partial charge in [0.2, 0.25) is 0 Å². The number of aromatic nitrogens is 3. The lowest BCUT2D eigenvalue weighted by Gasteiger charge is -1.91. The summed E-state index contributed by atoms with van der Waals surface area (Å²) in [5, 5.41) is 12.0. The predicted octanol–water partition coefficient (Wildman–Crippen LogP) is 3.33. The first-order chi connectivity index (χ1) is 10.8. The molecule has 0 saturated heterocycles. The molecule has 0 bridgehead atoms. The van der Waals surface area contributed by atoms with Crippen LogP contribution in [-0.2, 0) is 6.54 Å². The summed E-state index contributed by atoms with van der Waals surface area (Å²) < 4.78 is 11.7. The van der Waals surface area contributed by atoms with Crippen LogP contribution in [0.1, 0.15) is 5.69 Å². The topological polar surface area (TPSA) is 74.1 Å². The van der Waals surface area contributed by atoms with Crippen molar-refractivity contribution in [3.05, 3.63) is 57.3 Å². The van der Waals surface area contributed by atoms with Crippen LogP contribution in [0.4, 0.5) is 0 Å². The van der Waals surface area contributed by atoms with Crippen molar-refractivity contribution in [3.8, 4) is 21.4 Å². The Labute approximate surface area is 132 Å². The number of nitrogens with zero attached hydrogens (tertiary/aromatic N) is 3. The summed E-state index contributed by atoms with van der Waals surface area (Å²) in [4.78, 5) is 13.7. The van der Waals surface area contributed by atoms with E-state index in [9.17, 15) is 4.79 Å². The molecular weight excluding hydrogens is 322 g/mol. The van der Waals surface area contributed by atoms with Crippen LogP contribution in [0.5, 0.6) is 0 Å². The van der Waals surface area contributed by atoms with Gasteiger partial charge in [-0.1, -0.05) is 17.3 Å². The number of hydrogen-bond acceptors (Lipinski definition) is 7. The molecule has 0 N–H and O–H groups in total. The lowest BCUT2D eigenvalue weighted by molar-refractivity contribution is 0.416. The second-order valence-corrected chi connectivity index (χ2v) is 6.36. The van der Waals surface area contributed by atoms with Gasteiger partial charge in [0.15, 0.2) is 5.76 Å². The Bertz CT molecular complexity index is 932. The minimum Gasteiger partial charge on any atom is -0.387 e. The SMILES string of the molecule is O=c1oc(-c2cccs2)nn1Cc1cc(-c2cccs2)on1. The van der Waals surface area contributed by atoms with Crippen molar-refractivity contribution >= 4 is 22.7 Å². The van der Waals surface area contributed by atoms with Gasteiger partial charge >= 0.3 is 5.76 Å². The van der Waals surface area contributed by atoms with Gasteiger partial charge in [-0.05, 0) is 22.9 Å². The summed E-state index contributed by atoms with van der Waals surface area (Å²) in [6.45, 7) is 0.211. The fourth-order valence-electron chi connectivity index (χ4n) is 1.98. The van der Waals surface area contributed by atoms with E-state index < -0.39 is 5.76 Å². The van der Waals surface area contributed by atoms with Crippen LogP contribution in [0.25, 0.3) is 21.4 Å². The molecule has 0 fully saturated rings.